The SMILES string of the molecule is c1cncc(-c2ccccc2CNC2CCC2)c1. The average molecular weight is 238 g/mol. The summed E-state index contributed by atoms with van der Waals surface area (Å²) in [4.78, 5) is 4.20. The first-order valence-electron chi connectivity index (χ1n) is 6.65. The van der Waals surface area contributed by atoms with Crippen LogP contribution in [0.15, 0.2) is 48.8 Å². The first kappa shape index (κ1) is 11.4. The Kier molecular flexibility index (Phi) is 3.37. The summed E-state index contributed by atoms with van der Waals surface area (Å²) in [6.07, 6.45) is 7.78. The minimum atomic E-state index is 0.729. The lowest BCUT2D eigenvalue weighted by atomic mass is 9.92. The number of hydrogen-bond donors (Lipinski definition) is 1. The third kappa shape index (κ3) is 2.44. The van der Waals surface area contributed by atoms with Gasteiger partial charge >= 0.3 is 0 Å². The molecule has 0 radical (unpaired) electrons. The lowest BCUT2D eigenvalue weighted by Crippen LogP contribution is -2.34. The van der Waals surface area contributed by atoms with Gasteiger partial charge in [-0.25, -0.2) is 0 Å². The number of nitrogens with one attached hydrogen (secondary N) is 1. The lowest BCUT2D eigenvalue weighted by molar-refractivity contribution is 0.338. The summed E-state index contributed by atoms with van der Waals surface area (Å²) in [5, 5.41) is 3.63. The second-order valence-electron chi connectivity index (χ2n) is 4.91. The Balaban J connectivity index is 1.80. The Morgan fingerprint density at radius 2 is 2.00 bits per heavy atom. The summed E-state index contributed by atoms with van der Waals surface area (Å²) in [5.74, 6) is 0. The van der Waals surface area contributed by atoms with Gasteiger partial charge in [-0.1, -0.05) is 36.8 Å². The second-order valence-corrected chi connectivity index (χ2v) is 4.91. The summed E-state index contributed by atoms with van der Waals surface area (Å²) in [5.41, 5.74) is 3.85. The zero-order chi connectivity index (χ0) is 12.2. The predicted molar refractivity (Wildman–Crippen MR) is 74.2 cm³/mol. The molecule has 1 aliphatic rings. The molecule has 0 bridgehead atoms. The summed E-state index contributed by atoms with van der Waals surface area (Å²) in [6, 6.07) is 13.4. The third-order valence-electron chi connectivity index (χ3n) is 3.68. The van der Waals surface area contributed by atoms with Crippen LogP contribution in [0.2, 0.25) is 0 Å². The van der Waals surface area contributed by atoms with Crippen LogP contribution in [-0.4, -0.2) is 11.0 Å². The van der Waals surface area contributed by atoms with E-state index in [0.29, 0.717) is 0 Å². The van der Waals surface area contributed by atoms with Crippen LogP contribution < -0.4 is 5.32 Å². The molecule has 0 amide bonds. The van der Waals surface area contributed by atoms with Crippen molar-refractivity contribution in [1.29, 1.82) is 0 Å². The molecule has 1 aromatic carbocycles. The van der Waals surface area contributed by atoms with E-state index in [2.05, 4.69) is 40.6 Å². The largest absolute Gasteiger partial charge is 0.310 e. The zero-order valence-electron chi connectivity index (χ0n) is 10.5. The standard InChI is InChI=1S/C16H18N2/c1-2-9-16(13-6-4-10-17-11-13)14(5-1)12-18-15-7-3-8-15/h1-2,4-6,9-11,15,18H,3,7-8,12H2. The van der Waals surface area contributed by atoms with Gasteiger partial charge in [0.25, 0.3) is 0 Å². The van der Waals surface area contributed by atoms with Crippen molar-refractivity contribution in [3.8, 4) is 11.1 Å². The van der Waals surface area contributed by atoms with Crippen molar-refractivity contribution in [2.45, 2.75) is 31.8 Å². The summed E-state index contributed by atoms with van der Waals surface area (Å²) >= 11 is 0. The summed E-state index contributed by atoms with van der Waals surface area (Å²) < 4.78 is 0. The Morgan fingerprint density at radius 1 is 1.11 bits per heavy atom. The van der Waals surface area contributed by atoms with E-state index in [0.717, 1.165) is 12.6 Å². The first-order valence-corrected chi connectivity index (χ1v) is 6.65. The molecule has 0 unspecified atom stereocenters. The van der Waals surface area contributed by atoms with Crippen molar-refractivity contribution in [3.63, 3.8) is 0 Å². The van der Waals surface area contributed by atoms with E-state index < -0.39 is 0 Å². The van der Waals surface area contributed by atoms with Gasteiger partial charge in [0.05, 0.1) is 0 Å². The van der Waals surface area contributed by atoms with Crippen molar-refractivity contribution in [2.75, 3.05) is 0 Å². The maximum atomic E-state index is 4.20. The van der Waals surface area contributed by atoms with Gasteiger partial charge in [-0.15, -0.1) is 0 Å². The molecular weight excluding hydrogens is 220 g/mol. The fraction of sp³-hybridized carbons (Fsp3) is 0.312. The number of hydrogen-bond acceptors (Lipinski definition) is 2. The van der Waals surface area contributed by atoms with Gasteiger partial charge in [0.15, 0.2) is 0 Å². The lowest BCUT2D eigenvalue weighted by Gasteiger charge is -2.27. The van der Waals surface area contributed by atoms with E-state index in [1.54, 1.807) is 0 Å². The molecule has 2 aromatic rings. The zero-order valence-corrected chi connectivity index (χ0v) is 10.5. The number of pyridine rings is 1. The van der Waals surface area contributed by atoms with E-state index in [9.17, 15) is 0 Å². The molecular formula is C16H18N2. The maximum Gasteiger partial charge on any atom is 0.0346 e. The van der Waals surface area contributed by atoms with Gasteiger partial charge in [0, 0.05) is 30.5 Å². The highest BCUT2D eigenvalue weighted by Crippen LogP contribution is 2.24. The normalized spacial score (nSPS) is 15.3. The molecule has 1 heterocycles. The molecule has 1 fully saturated rings. The fourth-order valence-electron chi connectivity index (χ4n) is 2.34. The predicted octanol–water partition coefficient (Wildman–Crippen LogP) is 3.39. The van der Waals surface area contributed by atoms with E-state index in [1.165, 1.54) is 36.0 Å². The number of rotatable bonds is 4. The van der Waals surface area contributed by atoms with Crippen LogP contribution in [0.4, 0.5) is 0 Å². The summed E-state index contributed by atoms with van der Waals surface area (Å²) in [6.45, 7) is 0.954. The van der Waals surface area contributed by atoms with Crippen molar-refractivity contribution in [3.05, 3.63) is 54.4 Å². The highest BCUT2D eigenvalue weighted by molar-refractivity contribution is 5.66. The molecule has 1 aromatic heterocycles. The maximum absolute atomic E-state index is 4.20. The van der Waals surface area contributed by atoms with Crippen LogP contribution in [-0.2, 0) is 6.54 Å². The summed E-state index contributed by atoms with van der Waals surface area (Å²) in [7, 11) is 0. The van der Waals surface area contributed by atoms with Crippen molar-refractivity contribution in [1.82, 2.24) is 10.3 Å². The van der Waals surface area contributed by atoms with Crippen LogP contribution in [0.25, 0.3) is 11.1 Å². The highest BCUT2D eigenvalue weighted by Gasteiger charge is 2.16. The highest BCUT2D eigenvalue weighted by atomic mass is 14.9. The molecule has 0 aliphatic heterocycles. The molecule has 0 spiro atoms. The van der Waals surface area contributed by atoms with Crippen LogP contribution in [0.5, 0.6) is 0 Å². The van der Waals surface area contributed by atoms with Crippen LogP contribution in [0.3, 0.4) is 0 Å². The molecule has 1 saturated carbocycles. The second kappa shape index (κ2) is 5.32. The van der Waals surface area contributed by atoms with E-state index in [1.807, 2.05) is 18.5 Å². The van der Waals surface area contributed by atoms with Gasteiger partial charge in [0.2, 0.25) is 0 Å². The molecule has 3 rings (SSSR count). The number of benzene rings is 1. The van der Waals surface area contributed by atoms with Crippen molar-refractivity contribution in [2.24, 2.45) is 0 Å². The molecule has 18 heavy (non-hydrogen) atoms. The topological polar surface area (TPSA) is 24.9 Å². The van der Waals surface area contributed by atoms with Crippen LogP contribution >= 0.6 is 0 Å². The fourth-order valence-corrected chi connectivity index (χ4v) is 2.34. The molecule has 0 atom stereocenters. The Labute approximate surface area is 108 Å². The smallest absolute Gasteiger partial charge is 0.0346 e. The quantitative estimate of drug-likeness (QED) is 0.883. The monoisotopic (exact) mass is 238 g/mol. The molecule has 2 heteroatoms. The van der Waals surface area contributed by atoms with Crippen molar-refractivity contribution < 1.29 is 0 Å². The number of aromatic nitrogens is 1. The molecule has 1 N–H and O–H groups in total. The van der Waals surface area contributed by atoms with Crippen LogP contribution in [0.1, 0.15) is 24.8 Å². The van der Waals surface area contributed by atoms with E-state index >= 15 is 0 Å². The van der Waals surface area contributed by atoms with Crippen molar-refractivity contribution >= 4 is 0 Å². The van der Waals surface area contributed by atoms with Gasteiger partial charge < -0.3 is 5.32 Å². The minimum absolute atomic E-state index is 0.729. The Bertz CT molecular complexity index is 504. The average Bonchev–Trinajstić information content (AvgIpc) is 2.39. The first-order chi connectivity index (χ1) is 8.93. The Morgan fingerprint density at radius 3 is 2.72 bits per heavy atom. The molecule has 92 valence electrons. The number of nitrogens with zero attached hydrogens (tertiary/aromatic N) is 1. The molecule has 2 nitrogen and oxygen atoms in total. The van der Waals surface area contributed by atoms with Gasteiger partial charge in [-0.05, 0) is 30.0 Å². The van der Waals surface area contributed by atoms with E-state index in [-0.39, 0.29) is 0 Å². The third-order valence-corrected chi connectivity index (χ3v) is 3.68. The Hall–Kier alpha value is -1.67. The van der Waals surface area contributed by atoms with E-state index in [4.69, 9.17) is 0 Å². The van der Waals surface area contributed by atoms with Gasteiger partial charge in [0.1, 0.15) is 0 Å². The van der Waals surface area contributed by atoms with Gasteiger partial charge in [-0.3, -0.25) is 4.98 Å². The minimum Gasteiger partial charge on any atom is -0.310 e. The molecule has 1 aliphatic carbocycles. The molecule has 0 saturated heterocycles. The van der Waals surface area contributed by atoms with Gasteiger partial charge in [-0.2, -0.15) is 0 Å². The van der Waals surface area contributed by atoms with Crippen LogP contribution in [0, 0.1) is 0 Å².